The predicted octanol–water partition coefficient (Wildman–Crippen LogP) is 4.80. The van der Waals surface area contributed by atoms with E-state index in [0.29, 0.717) is 23.5 Å². The normalized spacial score (nSPS) is 12.0. The first-order valence-electron chi connectivity index (χ1n) is 10.2. The molecule has 2 N–H and O–H groups in total. The van der Waals surface area contributed by atoms with E-state index < -0.39 is 5.91 Å². The van der Waals surface area contributed by atoms with Gasteiger partial charge in [0.1, 0.15) is 5.70 Å². The summed E-state index contributed by atoms with van der Waals surface area (Å²) in [7, 11) is 3.03. The molecule has 1 aromatic heterocycles. The molecule has 2 aromatic carbocycles. The van der Waals surface area contributed by atoms with Crippen molar-refractivity contribution in [2.45, 2.75) is 19.4 Å². The molecule has 0 bridgehead atoms. The van der Waals surface area contributed by atoms with Crippen LogP contribution in [0.2, 0.25) is 0 Å². The average molecular weight is 451 g/mol. The Morgan fingerprint density at radius 3 is 2.38 bits per heavy atom. The van der Waals surface area contributed by atoms with E-state index in [1.165, 1.54) is 25.6 Å². The van der Waals surface area contributed by atoms with Crippen LogP contribution in [0.4, 0.5) is 0 Å². The largest absolute Gasteiger partial charge is 0.493 e. The minimum atomic E-state index is -0.420. The summed E-state index contributed by atoms with van der Waals surface area (Å²) in [5, 5.41) is 7.71. The molecule has 1 heterocycles. The second-order valence-electron chi connectivity index (χ2n) is 6.94. The molecule has 2 amide bonds. The molecule has 1 atom stereocenters. The lowest BCUT2D eigenvalue weighted by Gasteiger charge is -2.19. The number of carbonyl (C=O) groups excluding carboxylic acids is 2. The average Bonchev–Trinajstić information content (AvgIpc) is 3.35. The van der Waals surface area contributed by atoms with Crippen LogP contribution < -0.4 is 20.1 Å². The molecule has 3 aromatic rings. The summed E-state index contributed by atoms with van der Waals surface area (Å²) in [6.45, 7) is 2.00. The fourth-order valence-electron chi connectivity index (χ4n) is 3.19. The van der Waals surface area contributed by atoms with Crippen molar-refractivity contribution in [2.24, 2.45) is 0 Å². The van der Waals surface area contributed by atoms with E-state index in [1.807, 2.05) is 54.8 Å². The lowest BCUT2D eigenvalue weighted by atomic mass is 10.0. The van der Waals surface area contributed by atoms with E-state index >= 15 is 0 Å². The first kappa shape index (κ1) is 23.1. The quantitative estimate of drug-likeness (QED) is 0.459. The third kappa shape index (κ3) is 5.76. The highest BCUT2D eigenvalue weighted by atomic mass is 32.1. The molecule has 3 rings (SSSR count). The van der Waals surface area contributed by atoms with E-state index in [1.54, 1.807) is 24.3 Å². The molecule has 166 valence electrons. The van der Waals surface area contributed by atoms with Gasteiger partial charge in [-0.05, 0) is 47.7 Å². The van der Waals surface area contributed by atoms with Crippen molar-refractivity contribution in [1.29, 1.82) is 0 Å². The Bertz CT molecular complexity index is 1080. The van der Waals surface area contributed by atoms with Gasteiger partial charge in [0.2, 0.25) is 0 Å². The Labute approximate surface area is 191 Å². The van der Waals surface area contributed by atoms with Crippen molar-refractivity contribution >= 4 is 29.2 Å². The van der Waals surface area contributed by atoms with Crippen molar-refractivity contribution in [1.82, 2.24) is 10.6 Å². The van der Waals surface area contributed by atoms with Gasteiger partial charge < -0.3 is 20.1 Å². The summed E-state index contributed by atoms with van der Waals surface area (Å²) in [5.41, 5.74) is 1.52. The topological polar surface area (TPSA) is 76.7 Å². The van der Waals surface area contributed by atoms with Crippen LogP contribution in [0, 0.1) is 0 Å². The minimum Gasteiger partial charge on any atom is -0.493 e. The number of rotatable bonds is 9. The van der Waals surface area contributed by atoms with Gasteiger partial charge in [0, 0.05) is 10.4 Å². The van der Waals surface area contributed by atoms with E-state index in [9.17, 15) is 9.59 Å². The first-order valence-corrected chi connectivity index (χ1v) is 11.1. The third-order valence-electron chi connectivity index (χ3n) is 4.88. The Balaban J connectivity index is 1.85. The van der Waals surface area contributed by atoms with Crippen LogP contribution in [0.15, 0.2) is 71.7 Å². The Morgan fingerprint density at radius 1 is 1.00 bits per heavy atom. The molecular formula is C25H26N2O4S. The zero-order chi connectivity index (χ0) is 22.9. The first-order chi connectivity index (χ1) is 15.5. The second-order valence-corrected chi connectivity index (χ2v) is 7.92. The van der Waals surface area contributed by atoms with Gasteiger partial charge in [-0.1, -0.05) is 43.3 Å². The molecule has 6 nitrogen and oxygen atoms in total. The monoisotopic (exact) mass is 450 g/mol. The molecule has 7 heteroatoms. The number of ether oxygens (including phenoxy) is 2. The predicted molar refractivity (Wildman–Crippen MR) is 127 cm³/mol. The molecule has 0 radical (unpaired) electrons. The fraction of sp³-hybridized carbons (Fsp3) is 0.200. The van der Waals surface area contributed by atoms with E-state index in [2.05, 4.69) is 10.6 Å². The number of hydrogen-bond acceptors (Lipinski definition) is 5. The summed E-state index contributed by atoms with van der Waals surface area (Å²) >= 11 is 1.48. The van der Waals surface area contributed by atoms with E-state index in [4.69, 9.17) is 9.47 Å². The number of thiophene rings is 1. The Hall–Kier alpha value is -3.58. The van der Waals surface area contributed by atoms with Gasteiger partial charge >= 0.3 is 0 Å². The van der Waals surface area contributed by atoms with E-state index in [0.717, 1.165) is 10.4 Å². The fourth-order valence-corrected chi connectivity index (χ4v) is 3.85. The summed E-state index contributed by atoms with van der Waals surface area (Å²) in [6.07, 6.45) is 2.39. The number of benzene rings is 2. The molecule has 0 aliphatic heterocycles. The van der Waals surface area contributed by atoms with Crippen molar-refractivity contribution < 1.29 is 19.1 Å². The van der Waals surface area contributed by atoms with Gasteiger partial charge in [-0.25, -0.2) is 0 Å². The van der Waals surface area contributed by atoms with Gasteiger partial charge in [0.15, 0.2) is 11.5 Å². The lowest BCUT2D eigenvalue weighted by molar-refractivity contribution is -0.118. The summed E-state index contributed by atoms with van der Waals surface area (Å²) in [6, 6.07) is 18.2. The second kappa shape index (κ2) is 11.2. The van der Waals surface area contributed by atoms with Crippen LogP contribution in [0.3, 0.4) is 0 Å². The SMILES string of the molecule is CCC(NC(=O)/C(=C/c1cccs1)NC(=O)c1ccc(OC)c(OC)c1)c1ccccc1. The van der Waals surface area contributed by atoms with Crippen LogP contribution in [0.25, 0.3) is 6.08 Å². The molecule has 0 spiro atoms. The highest BCUT2D eigenvalue weighted by Crippen LogP contribution is 2.27. The van der Waals surface area contributed by atoms with Gasteiger partial charge in [-0.15, -0.1) is 11.3 Å². The summed E-state index contributed by atoms with van der Waals surface area (Å²) < 4.78 is 10.5. The van der Waals surface area contributed by atoms with Crippen LogP contribution in [0.5, 0.6) is 11.5 Å². The molecule has 0 fully saturated rings. The van der Waals surface area contributed by atoms with Crippen LogP contribution >= 0.6 is 11.3 Å². The highest BCUT2D eigenvalue weighted by Gasteiger charge is 2.19. The highest BCUT2D eigenvalue weighted by molar-refractivity contribution is 7.10. The van der Waals surface area contributed by atoms with Crippen molar-refractivity contribution in [2.75, 3.05) is 14.2 Å². The third-order valence-corrected chi connectivity index (χ3v) is 5.70. The molecule has 0 saturated heterocycles. The Morgan fingerprint density at radius 2 is 1.75 bits per heavy atom. The zero-order valence-corrected chi connectivity index (χ0v) is 19.1. The van der Waals surface area contributed by atoms with E-state index in [-0.39, 0.29) is 17.6 Å². The molecule has 0 aliphatic carbocycles. The number of methoxy groups -OCH3 is 2. The number of carbonyl (C=O) groups is 2. The Kier molecular flexibility index (Phi) is 8.05. The van der Waals surface area contributed by atoms with Crippen LogP contribution in [0.1, 0.15) is 40.2 Å². The van der Waals surface area contributed by atoms with Gasteiger partial charge in [0.25, 0.3) is 11.8 Å². The summed E-state index contributed by atoms with van der Waals surface area (Å²) in [4.78, 5) is 27.0. The van der Waals surface area contributed by atoms with Crippen molar-refractivity contribution in [3.63, 3.8) is 0 Å². The number of amides is 2. The molecule has 0 aliphatic rings. The van der Waals surface area contributed by atoms with Gasteiger partial charge in [-0.2, -0.15) is 0 Å². The smallest absolute Gasteiger partial charge is 0.268 e. The maximum absolute atomic E-state index is 13.2. The molecule has 1 unspecified atom stereocenters. The van der Waals surface area contributed by atoms with Crippen LogP contribution in [-0.4, -0.2) is 26.0 Å². The maximum atomic E-state index is 13.2. The maximum Gasteiger partial charge on any atom is 0.268 e. The number of nitrogens with one attached hydrogen (secondary N) is 2. The minimum absolute atomic E-state index is 0.168. The van der Waals surface area contributed by atoms with Crippen molar-refractivity contribution in [3.05, 3.63) is 87.7 Å². The molecule has 0 saturated carbocycles. The lowest BCUT2D eigenvalue weighted by Crippen LogP contribution is -2.36. The standard InChI is InChI=1S/C25H26N2O4S/c1-4-20(17-9-6-5-7-10-17)26-25(29)21(16-19-11-8-14-32-19)27-24(28)18-12-13-22(30-2)23(15-18)31-3/h5-16,20H,4H2,1-3H3,(H,26,29)(H,27,28)/b21-16-. The molecular weight excluding hydrogens is 424 g/mol. The van der Waals surface area contributed by atoms with Gasteiger partial charge in [0.05, 0.1) is 20.3 Å². The zero-order valence-electron chi connectivity index (χ0n) is 18.3. The summed E-state index contributed by atoms with van der Waals surface area (Å²) in [5.74, 6) is 0.174. The van der Waals surface area contributed by atoms with Gasteiger partial charge in [-0.3, -0.25) is 9.59 Å². The van der Waals surface area contributed by atoms with Crippen LogP contribution in [-0.2, 0) is 4.79 Å². The number of hydrogen-bond donors (Lipinski definition) is 2. The van der Waals surface area contributed by atoms with Crippen molar-refractivity contribution in [3.8, 4) is 11.5 Å². The molecule has 32 heavy (non-hydrogen) atoms.